The van der Waals surface area contributed by atoms with Crippen LogP contribution in [0.3, 0.4) is 0 Å². The number of carbonyl (C=O) groups excluding carboxylic acids is 2. The standard InChI is InChI=1S/C24H31ClN2O2S/c1-4-5-13-26-24(29)19(3)27(15-20-9-11-22(25)12-10-20)23(28)17-30-16-21-8-6-7-18(2)14-21/h6-12,14,19H,4-5,13,15-17H2,1-3H3,(H,26,29)/t19-/m1/s1. The third-order valence-corrected chi connectivity index (χ3v) is 6.08. The summed E-state index contributed by atoms with van der Waals surface area (Å²) in [4.78, 5) is 27.3. The minimum Gasteiger partial charge on any atom is -0.354 e. The molecule has 30 heavy (non-hydrogen) atoms. The van der Waals surface area contributed by atoms with E-state index in [1.165, 1.54) is 11.1 Å². The van der Waals surface area contributed by atoms with Crippen LogP contribution in [-0.4, -0.2) is 35.1 Å². The third kappa shape index (κ3) is 8.04. The van der Waals surface area contributed by atoms with Crippen molar-refractivity contribution >= 4 is 35.2 Å². The number of carbonyl (C=O) groups is 2. The number of amides is 2. The Labute approximate surface area is 189 Å². The number of hydrogen-bond donors (Lipinski definition) is 1. The summed E-state index contributed by atoms with van der Waals surface area (Å²) in [5, 5.41) is 3.59. The first kappa shape index (κ1) is 24.3. The van der Waals surface area contributed by atoms with Gasteiger partial charge in [0, 0.05) is 23.9 Å². The Morgan fingerprint density at radius 3 is 2.53 bits per heavy atom. The van der Waals surface area contributed by atoms with Crippen molar-refractivity contribution in [2.75, 3.05) is 12.3 Å². The first-order chi connectivity index (χ1) is 14.4. The molecule has 0 heterocycles. The monoisotopic (exact) mass is 446 g/mol. The second kappa shape index (κ2) is 12.7. The van der Waals surface area contributed by atoms with E-state index in [1.807, 2.05) is 18.2 Å². The van der Waals surface area contributed by atoms with E-state index in [-0.39, 0.29) is 11.8 Å². The van der Waals surface area contributed by atoms with Crippen LogP contribution in [0.15, 0.2) is 48.5 Å². The molecule has 0 saturated carbocycles. The summed E-state index contributed by atoms with van der Waals surface area (Å²) >= 11 is 7.56. The van der Waals surface area contributed by atoms with Gasteiger partial charge in [-0.25, -0.2) is 0 Å². The Hall–Kier alpha value is -1.98. The Morgan fingerprint density at radius 2 is 1.87 bits per heavy atom. The molecular weight excluding hydrogens is 416 g/mol. The average Bonchev–Trinajstić information content (AvgIpc) is 2.73. The molecule has 0 aliphatic rings. The van der Waals surface area contributed by atoms with Crippen molar-refractivity contribution in [3.63, 3.8) is 0 Å². The van der Waals surface area contributed by atoms with Gasteiger partial charge in [-0.05, 0) is 43.5 Å². The molecule has 6 heteroatoms. The number of halogens is 1. The molecule has 0 spiro atoms. The number of nitrogens with zero attached hydrogens (tertiary/aromatic N) is 1. The number of hydrogen-bond acceptors (Lipinski definition) is 3. The normalized spacial score (nSPS) is 11.7. The molecule has 2 aromatic rings. The molecule has 0 radical (unpaired) electrons. The molecule has 0 aromatic heterocycles. The van der Waals surface area contributed by atoms with E-state index >= 15 is 0 Å². The van der Waals surface area contributed by atoms with Crippen LogP contribution in [-0.2, 0) is 21.9 Å². The van der Waals surface area contributed by atoms with E-state index in [2.05, 4.69) is 37.4 Å². The second-order valence-corrected chi connectivity index (χ2v) is 8.87. The van der Waals surface area contributed by atoms with Crippen molar-refractivity contribution < 1.29 is 9.59 Å². The predicted octanol–water partition coefficient (Wildman–Crippen LogP) is 5.22. The summed E-state index contributed by atoms with van der Waals surface area (Å²) in [6.45, 7) is 6.94. The molecule has 0 unspecified atom stereocenters. The Morgan fingerprint density at radius 1 is 1.13 bits per heavy atom. The molecule has 0 aliphatic heterocycles. The highest BCUT2D eigenvalue weighted by molar-refractivity contribution is 7.99. The van der Waals surface area contributed by atoms with Gasteiger partial charge in [-0.2, -0.15) is 0 Å². The van der Waals surface area contributed by atoms with Crippen molar-refractivity contribution in [1.82, 2.24) is 10.2 Å². The minimum absolute atomic E-state index is 0.0410. The van der Waals surface area contributed by atoms with Gasteiger partial charge in [-0.3, -0.25) is 9.59 Å². The molecule has 1 atom stereocenters. The number of aryl methyl sites for hydroxylation is 1. The van der Waals surface area contributed by atoms with Gasteiger partial charge >= 0.3 is 0 Å². The lowest BCUT2D eigenvalue weighted by molar-refractivity contribution is -0.138. The van der Waals surface area contributed by atoms with Crippen LogP contribution in [0.4, 0.5) is 0 Å². The molecule has 0 saturated heterocycles. The van der Waals surface area contributed by atoms with Crippen LogP contribution < -0.4 is 5.32 Å². The smallest absolute Gasteiger partial charge is 0.242 e. The van der Waals surface area contributed by atoms with Crippen molar-refractivity contribution in [1.29, 1.82) is 0 Å². The van der Waals surface area contributed by atoms with Gasteiger partial charge < -0.3 is 10.2 Å². The Kier molecular flexibility index (Phi) is 10.2. The zero-order valence-corrected chi connectivity index (χ0v) is 19.6. The molecule has 0 fully saturated rings. The molecule has 0 bridgehead atoms. The summed E-state index contributed by atoms with van der Waals surface area (Å²) in [6, 6.07) is 15.1. The molecule has 162 valence electrons. The van der Waals surface area contributed by atoms with Gasteiger partial charge in [0.15, 0.2) is 0 Å². The van der Waals surface area contributed by atoms with Gasteiger partial charge in [-0.15, -0.1) is 11.8 Å². The van der Waals surface area contributed by atoms with Crippen molar-refractivity contribution in [2.45, 2.75) is 52.0 Å². The molecular formula is C24H31ClN2O2S. The number of nitrogens with one attached hydrogen (secondary N) is 1. The van der Waals surface area contributed by atoms with Crippen molar-refractivity contribution in [3.05, 3.63) is 70.2 Å². The first-order valence-corrected chi connectivity index (χ1v) is 11.9. The molecule has 2 amide bonds. The van der Waals surface area contributed by atoms with Crippen molar-refractivity contribution in [2.24, 2.45) is 0 Å². The Balaban J connectivity index is 2.03. The van der Waals surface area contributed by atoms with Crippen molar-refractivity contribution in [3.8, 4) is 0 Å². The zero-order valence-electron chi connectivity index (χ0n) is 18.0. The fraction of sp³-hybridized carbons (Fsp3) is 0.417. The van der Waals surface area contributed by atoms with E-state index in [9.17, 15) is 9.59 Å². The number of rotatable bonds is 11. The van der Waals surface area contributed by atoms with E-state index in [1.54, 1.807) is 35.7 Å². The van der Waals surface area contributed by atoms with Crippen LogP contribution in [0, 0.1) is 6.92 Å². The van der Waals surface area contributed by atoms with E-state index in [0.29, 0.717) is 23.9 Å². The molecule has 1 N–H and O–H groups in total. The number of benzene rings is 2. The highest BCUT2D eigenvalue weighted by Crippen LogP contribution is 2.18. The second-order valence-electron chi connectivity index (χ2n) is 7.45. The molecule has 2 aromatic carbocycles. The van der Waals surface area contributed by atoms with E-state index in [0.717, 1.165) is 24.2 Å². The maximum Gasteiger partial charge on any atom is 0.242 e. The zero-order chi connectivity index (χ0) is 21.9. The summed E-state index contributed by atoms with van der Waals surface area (Å²) in [5.74, 6) is 0.933. The van der Waals surface area contributed by atoms with Gasteiger partial charge in [0.1, 0.15) is 6.04 Å². The molecule has 0 aliphatic carbocycles. The van der Waals surface area contributed by atoms with Crippen LogP contribution in [0.25, 0.3) is 0 Å². The third-order valence-electron chi connectivity index (χ3n) is 4.84. The summed E-state index contributed by atoms with van der Waals surface area (Å²) < 4.78 is 0. The quantitative estimate of drug-likeness (QED) is 0.481. The molecule has 2 rings (SSSR count). The lowest BCUT2D eigenvalue weighted by Crippen LogP contribution is -2.48. The van der Waals surface area contributed by atoms with Crippen LogP contribution in [0.1, 0.15) is 43.4 Å². The highest BCUT2D eigenvalue weighted by atomic mass is 35.5. The van der Waals surface area contributed by atoms with Crippen LogP contribution >= 0.6 is 23.4 Å². The minimum atomic E-state index is -0.537. The lowest BCUT2D eigenvalue weighted by Gasteiger charge is -2.29. The predicted molar refractivity (Wildman–Crippen MR) is 127 cm³/mol. The van der Waals surface area contributed by atoms with Crippen LogP contribution in [0.5, 0.6) is 0 Å². The van der Waals surface area contributed by atoms with Crippen LogP contribution in [0.2, 0.25) is 5.02 Å². The highest BCUT2D eigenvalue weighted by Gasteiger charge is 2.25. The maximum atomic E-state index is 13.0. The summed E-state index contributed by atoms with van der Waals surface area (Å²) in [7, 11) is 0. The summed E-state index contributed by atoms with van der Waals surface area (Å²) in [5.41, 5.74) is 3.35. The number of unbranched alkanes of at least 4 members (excludes halogenated alkanes) is 1. The SMILES string of the molecule is CCCCNC(=O)[C@@H](C)N(Cc1ccc(Cl)cc1)C(=O)CSCc1cccc(C)c1. The largest absolute Gasteiger partial charge is 0.354 e. The lowest BCUT2D eigenvalue weighted by atomic mass is 10.1. The van der Waals surface area contributed by atoms with Gasteiger partial charge in [0.25, 0.3) is 0 Å². The Bertz CT molecular complexity index is 826. The maximum absolute atomic E-state index is 13.0. The topological polar surface area (TPSA) is 49.4 Å². The van der Waals surface area contributed by atoms with Gasteiger partial charge in [0.2, 0.25) is 11.8 Å². The first-order valence-electron chi connectivity index (χ1n) is 10.4. The fourth-order valence-electron chi connectivity index (χ4n) is 3.05. The average molecular weight is 447 g/mol. The van der Waals surface area contributed by atoms with E-state index in [4.69, 9.17) is 11.6 Å². The summed E-state index contributed by atoms with van der Waals surface area (Å²) in [6.07, 6.45) is 1.94. The fourth-order valence-corrected chi connectivity index (χ4v) is 4.03. The van der Waals surface area contributed by atoms with Gasteiger partial charge in [0.05, 0.1) is 5.75 Å². The van der Waals surface area contributed by atoms with E-state index < -0.39 is 6.04 Å². The van der Waals surface area contributed by atoms with Gasteiger partial charge in [-0.1, -0.05) is 66.9 Å². The molecule has 4 nitrogen and oxygen atoms in total. The number of thioether (sulfide) groups is 1.